The Bertz CT molecular complexity index is 565. The second-order valence-corrected chi connectivity index (χ2v) is 6.29. The van der Waals surface area contributed by atoms with Gasteiger partial charge in [0.25, 0.3) is 0 Å². The molecule has 1 atom stereocenters. The lowest BCUT2D eigenvalue weighted by Crippen LogP contribution is -2.26. The number of nitrogens with zero attached hydrogens (tertiary/aromatic N) is 1. The Morgan fingerprint density at radius 1 is 1.00 bits per heavy atom. The van der Waals surface area contributed by atoms with E-state index in [0.717, 1.165) is 5.92 Å². The highest BCUT2D eigenvalue weighted by Crippen LogP contribution is 2.35. The summed E-state index contributed by atoms with van der Waals surface area (Å²) in [6.45, 7) is 0. The summed E-state index contributed by atoms with van der Waals surface area (Å²) in [4.78, 5) is 4.65. The number of nitrogens with one attached hydrogen (secondary N) is 1. The van der Waals surface area contributed by atoms with E-state index in [2.05, 4.69) is 41.6 Å². The number of aromatic nitrogens is 1. The molecule has 0 spiro atoms. The van der Waals surface area contributed by atoms with Gasteiger partial charge in [-0.25, -0.2) is 0 Å². The van der Waals surface area contributed by atoms with Gasteiger partial charge in [0.1, 0.15) is 0 Å². The smallest absolute Gasteiger partial charge is 0.0749 e. The van der Waals surface area contributed by atoms with Crippen LogP contribution < -0.4 is 5.32 Å². The molecule has 3 rings (SSSR count). The fourth-order valence-electron chi connectivity index (χ4n) is 3.84. The topological polar surface area (TPSA) is 24.9 Å². The lowest BCUT2D eigenvalue weighted by molar-refractivity contribution is 0.300. The summed E-state index contributed by atoms with van der Waals surface area (Å²) in [6.07, 6.45) is 11.6. The van der Waals surface area contributed by atoms with Crippen molar-refractivity contribution >= 4 is 10.9 Å². The van der Waals surface area contributed by atoms with E-state index in [0.29, 0.717) is 6.04 Å². The van der Waals surface area contributed by atoms with Gasteiger partial charge in [0.2, 0.25) is 0 Å². The molecule has 112 valence electrons. The molecular formula is C19H26N2. The van der Waals surface area contributed by atoms with Crippen LogP contribution in [0.3, 0.4) is 0 Å². The van der Waals surface area contributed by atoms with E-state index in [9.17, 15) is 0 Å². The fourth-order valence-corrected chi connectivity index (χ4v) is 3.84. The molecule has 0 amide bonds. The van der Waals surface area contributed by atoms with Gasteiger partial charge >= 0.3 is 0 Å². The SMILES string of the molecule is CNC(c1cccc2cccnc12)C1CCCCCCC1. The standard InChI is InChI=1S/C19H26N2/c1-20-18(15-9-5-3-2-4-6-10-15)17-13-7-11-16-12-8-14-21-19(16)17/h7-8,11-15,18,20H,2-6,9-10H2,1H3. The van der Waals surface area contributed by atoms with Crippen LogP contribution in [0.15, 0.2) is 36.5 Å². The zero-order valence-electron chi connectivity index (χ0n) is 13.0. The van der Waals surface area contributed by atoms with E-state index in [1.165, 1.54) is 61.4 Å². The predicted molar refractivity (Wildman–Crippen MR) is 89.4 cm³/mol. The maximum absolute atomic E-state index is 4.65. The van der Waals surface area contributed by atoms with Crippen LogP contribution in [-0.2, 0) is 0 Å². The highest BCUT2D eigenvalue weighted by atomic mass is 14.9. The van der Waals surface area contributed by atoms with Crippen molar-refractivity contribution in [3.05, 3.63) is 42.1 Å². The highest BCUT2D eigenvalue weighted by molar-refractivity contribution is 5.82. The molecule has 0 bridgehead atoms. The molecule has 2 heteroatoms. The molecule has 1 aromatic heterocycles. The van der Waals surface area contributed by atoms with E-state index in [4.69, 9.17) is 0 Å². The van der Waals surface area contributed by atoms with Gasteiger partial charge in [-0.2, -0.15) is 0 Å². The molecular weight excluding hydrogens is 256 g/mol. The Balaban J connectivity index is 1.93. The molecule has 0 aliphatic heterocycles. The zero-order chi connectivity index (χ0) is 14.5. The third-order valence-corrected chi connectivity index (χ3v) is 4.93. The van der Waals surface area contributed by atoms with E-state index in [-0.39, 0.29) is 0 Å². The molecule has 1 aromatic carbocycles. The van der Waals surface area contributed by atoms with Crippen molar-refractivity contribution in [2.75, 3.05) is 7.05 Å². The highest BCUT2D eigenvalue weighted by Gasteiger charge is 2.24. The van der Waals surface area contributed by atoms with Crippen LogP contribution >= 0.6 is 0 Å². The van der Waals surface area contributed by atoms with Gasteiger partial charge in [-0.3, -0.25) is 4.98 Å². The Morgan fingerprint density at radius 2 is 1.71 bits per heavy atom. The Kier molecular flexibility index (Phi) is 4.87. The second kappa shape index (κ2) is 7.04. The van der Waals surface area contributed by atoms with Crippen LogP contribution in [0.1, 0.15) is 56.6 Å². The Labute approximate surface area is 128 Å². The molecule has 2 aromatic rings. The van der Waals surface area contributed by atoms with Gasteiger partial charge in [0, 0.05) is 17.6 Å². The van der Waals surface area contributed by atoms with Crippen LogP contribution in [0.5, 0.6) is 0 Å². The van der Waals surface area contributed by atoms with Gasteiger partial charge in [-0.1, -0.05) is 56.4 Å². The van der Waals surface area contributed by atoms with Crippen molar-refractivity contribution in [2.45, 2.75) is 51.0 Å². The summed E-state index contributed by atoms with van der Waals surface area (Å²) < 4.78 is 0. The largest absolute Gasteiger partial charge is 0.313 e. The third kappa shape index (κ3) is 3.26. The second-order valence-electron chi connectivity index (χ2n) is 6.29. The molecule has 1 aliphatic carbocycles. The van der Waals surface area contributed by atoms with Crippen molar-refractivity contribution in [3.8, 4) is 0 Å². The average molecular weight is 282 g/mol. The lowest BCUT2D eigenvalue weighted by Gasteiger charge is -2.29. The van der Waals surface area contributed by atoms with E-state index >= 15 is 0 Å². The summed E-state index contributed by atoms with van der Waals surface area (Å²) >= 11 is 0. The van der Waals surface area contributed by atoms with Gasteiger partial charge in [0.05, 0.1) is 5.52 Å². The van der Waals surface area contributed by atoms with Gasteiger partial charge in [-0.15, -0.1) is 0 Å². The minimum atomic E-state index is 0.432. The van der Waals surface area contributed by atoms with E-state index in [1.54, 1.807) is 0 Å². The minimum Gasteiger partial charge on any atom is -0.313 e. The molecule has 1 N–H and O–H groups in total. The lowest BCUT2D eigenvalue weighted by atomic mass is 9.82. The molecule has 1 saturated carbocycles. The number of hydrogen-bond donors (Lipinski definition) is 1. The van der Waals surface area contributed by atoms with Crippen molar-refractivity contribution < 1.29 is 0 Å². The molecule has 1 unspecified atom stereocenters. The van der Waals surface area contributed by atoms with E-state index in [1.807, 2.05) is 12.3 Å². The van der Waals surface area contributed by atoms with Crippen molar-refractivity contribution in [3.63, 3.8) is 0 Å². The number of para-hydroxylation sites is 1. The normalized spacial score (nSPS) is 19.1. The van der Waals surface area contributed by atoms with Crippen molar-refractivity contribution in [1.82, 2.24) is 10.3 Å². The number of fused-ring (bicyclic) bond motifs is 1. The summed E-state index contributed by atoms with van der Waals surface area (Å²) in [7, 11) is 2.10. The van der Waals surface area contributed by atoms with Crippen LogP contribution in [0.25, 0.3) is 10.9 Å². The Morgan fingerprint density at radius 3 is 2.48 bits per heavy atom. The number of rotatable bonds is 3. The van der Waals surface area contributed by atoms with Gasteiger partial charge in [0.15, 0.2) is 0 Å². The quantitative estimate of drug-likeness (QED) is 0.870. The maximum atomic E-state index is 4.65. The molecule has 1 heterocycles. The number of hydrogen-bond acceptors (Lipinski definition) is 2. The zero-order valence-corrected chi connectivity index (χ0v) is 13.0. The monoisotopic (exact) mass is 282 g/mol. The maximum Gasteiger partial charge on any atom is 0.0749 e. The van der Waals surface area contributed by atoms with Gasteiger partial charge < -0.3 is 5.32 Å². The number of benzene rings is 1. The molecule has 0 saturated heterocycles. The third-order valence-electron chi connectivity index (χ3n) is 4.93. The van der Waals surface area contributed by atoms with Crippen molar-refractivity contribution in [2.24, 2.45) is 5.92 Å². The van der Waals surface area contributed by atoms with Crippen LogP contribution in [0, 0.1) is 5.92 Å². The molecule has 0 radical (unpaired) electrons. The van der Waals surface area contributed by atoms with Crippen LogP contribution in [0.2, 0.25) is 0 Å². The number of pyridine rings is 1. The molecule has 21 heavy (non-hydrogen) atoms. The molecule has 2 nitrogen and oxygen atoms in total. The van der Waals surface area contributed by atoms with Gasteiger partial charge in [-0.05, 0) is 37.4 Å². The minimum absolute atomic E-state index is 0.432. The first-order chi connectivity index (χ1) is 10.4. The first-order valence-corrected chi connectivity index (χ1v) is 8.41. The first-order valence-electron chi connectivity index (χ1n) is 8.41. The predicted octanol–water partition coefficient (Wildman–Crippen LogP) is 4.86. The fraction of sp³-hybridized carbons (Fsp3) is 0.526. The summed E-state index contributed by atoms with van der Waals surface area (Å²) in [5.41, 5.74) is 2.54. The van der Waals surface area contributed by atoms with Crippen LogP contribution in [0.4, 0.5) is 0 Å². The summed E-state index contributed by atoms with van der Waals surface area (Å²) in [5.74, 6) is 0.739. The van der Waals surface area contributed by atoms with Crippen LogP contribution in [-0.4, -0.2) is 12.0 Å². The Hall–Kier alpha value is -1.41. The molecule has 1 fully saturated rings. The summed E-state index contributed by atoms with van der Waals surface area (Å²) in [6, 6.07) is 11.2. The van der Waals surface area contributed by atoms with E-state index < -0.39 is 0 Å². The molecule has 1 aliphatic rings. The summed E-state index contributed by atoms with van der Waals surface area (Å²) in [5, 5.41) is 4.84. The average Bonchev–Trinajstić information content (AvgIpc) is 2.50. The van der Waals surface area contributed by atoms with Crippen molar-refractivity contribution in [1.29, 1.82) is 0 Å². The first kappa shape index (κ1) is 14.5.